The van der Waals surface area contributed by atoms with E-state index in [4.69, 9.17) is 10.9 Å². The summed E-state index contributed by atoms with van der Waals surface area (Å²) < 4.78 is 26.9. The molecule has 0 aliphatic heterocycles. The van der Waals surface area contributed by atoms with Gasteiger partial charge in [0, 0.05) is 13.0 Å². The Morgan fingerprint density at radius 3 is 2.78 bits per heavy atom. The lowest BCUT2D eigenvalue weighted by molar-refractivity contribution is 0.0946. The fraction of sp³-hybridized carbons (Fsp3) is 0.273. The molecule has 0 radical (unpaired) electrons. The number of benzene rings is 1. The Morgan fingerprint density at radius 2 is 2.17 bits per heavy atom. The summed E-state index contributed by atoms with van der Waals surface area (Å²) in [5.74, 6) is -2.78. The first kappa shape index (κ1) is 13.9. The molecule has 0 bridgehead atoms. The van der Waals surface area contributed by atoms with E-state index >= 15 is 0 Å². The molecule has 5 nitrogen and oxygen atoms in total. The molecule has 18 heavy (non-hydrogen) atoms. The first-order valence-corrected chi connectivity index (χ1v) is 5.16. The number of amidine groups is 1. The van der Waals surface area contributed by atoms with E-state index in [0.717, 1.165) is 6.07 Å². The Morgan fingerprint density at radius 1 is 1.50 bits per heavy atom. The van der Waals surface area contributed by atoms with Crippen molar-refractivity contribution >= 4 is 11.7 Å². The minimum absolute atomic E-state index is 0.0154. The van der Waals surface area contributed by atoms with Gasteiger partial charge in [0.25, 0.3) is 5.91 Å². The topological polar surface area (TPSA) is 87.7 Å². The molecule has 1 aromatic rings. The summed E-state index contributed by atoms with van der Waals surface area (Å²) >= 11 is 0. The zero-order chi connectivity index (χ0) is 13.7. The number of carbonyl (C=O) groups is 1. The second kappa shape index (κ2) is 5.95. The Balaban J connectivity index is 2.76. The summed E-state index contributed by atoms with van der Waals surface area (Å²) in [6.07, 6.45) is 0.0806. The Kier molecular flexibility index (Phi) is 4.59. The molecule has 0 aromatic heterocycles. The van der Waals surface area contributed by atoms with E-state index in [1.54, 1.807) is 0 Å². The summed E-state index contributed by atoms with van der Waals surface area (Å²) in [7, 11) is 0. The molecule has 1 amide bonds. The molecule has 1 rings (SSSR count). The van der Waals surface area contributed by atoms with E-state index in [-0.39, 0.29) is 24.4 Å². The second-order valence-electron chi connectivity index (χ2n) is 3.65. The minimum atomic E-state index is -0.931. The Hall–Kier alpha value is -2.18. The summed E-state index contributed by atoms with van der Waals surface area (Å²) in [5.41, 5.74) is 4.73. The van der Waals surface area contributed by atoms with Crippen molar-refractivity contribution in [2.75, 3.05) is 6.54 Å². The molecule has 0 heterocycles. The highest BCUT2D eigenvalue weighted by atomic mass is 19.1. The summed E-state index contributed by atoms with van der Waals surface area (Å²) in [4.78, 5) is 11.6. The second-order valence-corrected chi connectivity index (χ2v) is 3.65. The largest absolute Gasteiger partial charge is 0.409 e. The lowest BCUT2D eigenvalue weighted by Gasteiger charge is -2.08. The number of rotatable bonds is 4. The molecule has 0 spiro atoms. The van der Waals surface area contributed by atoms with Crippen LogP contribution in [0, 0.1) is 18.6 Å². The predicted octanol–water partition coefficient (Wildman–Crippen LogP) is 1.14. The fourth-order valence-corrected chi connectivity index (χ4v) is 1.31. The molecule has 7 heteroatoms. The van der Waals surface area contributed by atoms with E-state index in [1.807, 2.05) is 0 Å². The number of halogens is 2. The van der Waals surface area contributed by atoms with E-state index in [9.17, 15) is 13.6 Å². The number of oxime groups is 1. The quantitative estimate of drug-likeness (QED) is 0.327. The van der Waals surface area contributed by atoms with Crippen LogP contribution in [0.25, 0.3) is 0 Å². The SMILES string of the molecule is Cc1ccc(F)c(C(=O)NCC/C(N)=N/O)c1F. The maximum Gasteiger partial charge on any atom is 0.257 e. The van der Waals surface area contributed by atoms with E-state index in [1.165, 1.54) is 13.0 Å². The highest BCUT2D eigenvalue weighted by Gasteiger charge is 2.18. The smallest absolute Gasteiger partial charge is 0.257 e. The van der Waals surface area contributed by atoms with Crippen molar-refractivity contribution in [3.05, 3.63) is 34.9 Å². The van der Waals surface area contributed by atoms with Gasteiger partial charge >= 0.3 is 0 Å². The van der Waals surface area contributed by atoms with Gasteiger partial charge in [-0.05, 0) is 18.6 Å². The van der Waals surface area contributed by atoms with Gasteiger partial charge < -0.3 is 16.3 Å². The fourth-order valence-electron chi connectivity index (χ4n) is 1.31. The Labute approximate surface area is 102 Å². The van der Waals surface area contributed by atoms with Crippen LogP contribution in [-0.2, 0) is 0 Å². The number of hydrogen-bond acceptors (Lipinski definition) is 3. The van der Waals surface area contributed by atoms with E-state index in [2.05, 4.69) is 10.5 Å². The molecular formula is C11H13F2N3O2. The van der Waals surface area contributed by atoms with Gasteiger partial charge in [-0.25, -0.2) is 8.78 Å². The van der Waals surface area contributed by atoms with Gasteiger partial charge in [-0.15, -0.1) is 0 Å². The van der Waals surface area contributed by atoms with Crippen molar-refractivity contribution in [3.8, 4) is 0 Å². The third-order valence-electron chi connectivity index (χ3n) is 2.31. The molecule has 0 saturated carbocycles. The number of nitrogens with zero attached hydrogens (tertiary/aromatic N) is 1. The molecule has 98 valence electrons. The standard InChI is InChI=1S/C11H13F2N3O2/c1-6-2-3-7(12)9(10(6)13)11(17)15-5-4-8(14)16-18/h2-3,18H,4-5H2,1H3,(H2,14,16)(H,15,17). The maximum atomic E-state index is 13.6. The molecule has 0 fully saturated rings. The third-order valence-corrected chi connectivity index (χ3v) is 2.31. The first-order chi connectivity index (χ1) is 8.47. The molecule has 4 N–H and O–H groups in total. The van der Waals surface area contributed by atoms with Gasteiger partial charge in [0.05, 0.1) is 0 Å². The van der Waals surface area contributed by atoms with Crippen molar-refractivity contribution in [1.82, 2.24) is 5.32 Å². The van der Waals surface area contributed by atoms with Crippen LogP contribution in [0.5, 0.6) is 0 Å². The van der Waals surface area contributed by atoms with Crippen molar-refractivity contribution in [2.45, 2.75) is 13.3 Å². The van der Waals surface area contributed by atoms with Crippen LogP contribution < -0.4 is 11.1 Å². The molecule has 0 aliphatic rings. The van der Waals surface area contributed by atoms with Crippen LogP contribution in [0.2, 0.25) is 0 Å². The van der Waals surface area contributed by atoms with E-state index in [0.29, 0.717) is 0 Å². The molecule has 0 unspecified atom stereocenters. The van der Waals surface area contributed by atoms with Gasteiger partial charge in [0.2, 0.25) is 0 Å². The zero-order valence-corrected chi connectivity index (χ0v) is 9.70. The monoisotopic (exact) mass is 257 g/mol. The van der Waals surface area contributed by atoms with Gasteiger partial charge in [0.1, 0.15) is 23.0 Å². The van der Waals surface area contributed by atoms with Crippen LogP contribution in [-0.4, -0.2) is 23.5 Å². The van der Waals surface area contributed by atoms with Gasteiger partial charge in [-0.3, -0.25) is 4.79 Å². The van der Waals surface area contributed by atoms with Crippen LogP contribution in [0.1, 0.15) is 22.3 Å². The maximum absolute atomic E-state index is 13.6. The number of aryl methyl sites for hydroxylation is 1. The van der Waals surface area contributed by atoms with Gasteiger partial charge in [0.15, 0.2) is 0 Å². The number of hydrogen-bond donors (Lipinski definition) is 3. The van der Waals surface area contributed by atoms with Crippen molar-refractivity contribution in [2.24, 2.45) is 10.9 Å². The zero-order valence-electron chi connectivity index (χ0n) is 9.70. The van der Waals surface area contributed by atoms with Crippen molar-refractivity contribution in [3.63, 3.8) is 0 Å². The molecule has 1 aromatic carbocycles. The molecule has 0 saturated heterocycles. The van der Waals surface area contributed by atoms with Gasteiger partial charge in [-0.1, -0.05) is 11.2 Å². The van der Waals surface area contributed by atoms with Crippen LogP contribution in [0.4, 0.5) is 8.78 Å². The summed E-state index contributed by atoms with van der Waals surface area (Å²) in [6.45, 7) is 1.45. The summed E-state index contributed by atoms with van der Waals surface area (Å²) in [5, 5.41) is 13.3. The Bertz CT molecular complexity index is 489. The van der Waals surface area contributed by atoms with Crippen molar-refractivity contribution < 1.29 is 18.8 Å². The number of nitrogens with one attached hydrogen (secondary N) is 1. The minimum Gasteiger partial charge on any atom is -0.409 e. The predicted molar refractivity (Wildman–Crippen MR) is 61.5 cm³/mol. The number of nitrogens with two attached hydrogens (primary N) is 1. The van der Waals surface area contributed by atoms with Crippen LogP contribution in [0.3, 0.4) is 0 Å². The number of amides is 1. The van der Waals surface area contributed by atoms with Crippen LogP contribution >= 0.6 is 0 Å². The van der Waals surface area contributed by atoms with Crippen molar-refractivity contribution in [1.29, 1.82) is 0 Å². The lowest BCUT2D eigenvalue weighted by Crippen LogP contribution is -2.29. The molecule has 0 aliphatic carbocycles. The average molecular weight is 257 g/mol. The number of carbonyl (C=O) groups excluding carboxylic acids is 1. The normalized spacial score (nSPS) is 11.4. The van der Waals surface area contributed by atoms with E-state index < -0.39 is 23.1 Å². The first-order valence-electron chi connectivity index (χ1n) is 5.16. The van der Waals surface area contributed by atoms with Gasteiger partial charge in [-0.2, -0.15) is 0 Å². The molecule has 0 atom stereocenters. The summed E-state index contributed by atoms with van der Waals surface area (Å²) in [6, 6.07) is 2.27. The highest BCUT2D eigenvalue weighted by Crippen LogP contribution is 2.15. The lowest BCUT2D eigenvalue weighted by atomic mass is 10.1. The third kappa shape index (κ3) is 3.16. The molecular weight excluding hydrogens is 244 g/mol. The average Bonchev–Trinajstić information content (AvgIpc) is 2.34. The van der Waals surface area contributed by atoms with Crippen LogP contribution in [0.15, 0.2) is 17.3 Å². The highest BCUT2D eigenvalue weighted by molar-refractivity contribution is 5.95.